The number of carbonyl (C=O) groups is 1. The minimum absolute atomic E-state index is 0.157. The lowest BCUT2D eigenvalue weighted by Crippen LogP contribution is -2.24. The number of hydrazone groups is 1. The number of fused-ring (bicyclic) bond motifs is 1. The molecular formula is C26H20BrN3O2. The number of hydrogen-bond donors (Lipinski definition) is 1. The van der Waals surface area contributed by atoms with Crippen LogP contribution in [-0.4, -0.2) is 21.6 Å². The highest BCUT2D eigenvalue weighted by Gasteiger charge is 2.33. The smallest absolute Gasteiger partial charge is 0.258 e. The number of aromatic amines is 1. The predicted molar refractivity (Wildman–Crippen MR) is 131 cm³/mol. The lowest BCUT2D eigenvalue weighted by Gasteiger charge is -2.20. The molecule has 0 fully saturated rings. The molecule has 1 N–H and O–H groups in total. The van der Waals surface area contributed by atoms with Gasteiger partial charge in [-0.15, -0.1) is 0 Å². The van der Waals surface area contributed by atoms with Gasteiger partial charge in [0.15, 0.2) is 0 Å². The summed E-state index contributed by atoms with van der Waals surface area (Å²) in [5.74, 6) is -0.157. The zero-order valence-corrected chi connectivity index (χ0v) is 19.0. The molecule has 0 aliphatic carbocycles. The monoisotopic (exact) mass is 485 g/mol. The van der Waals surface area contributed by atoms with Crippen LogP contribution in [0.5, 0.6) is 0 Å². The minimum Gasteiger partial charge on any atom is -0.321 e. The number of halogens is 1. The van der Waals surface area contributed by atoms with E-state index >= 15 is 0 Å². The van der Waals surface area contributed by atoms with Crippen LogP contribution >= 0.6 is 15.9 Å². The molecule has 5 nitrogen and oxygen atoms in total. The molecule has 2 heterocycles. The van der Waals surface area contributed by atoms with Crippen molar-refractivity contribution in [3.8, 4) is 11.1 Å². The molecule has 0 saturated heterocycles. The second kappa shape index (κ2) is 8.20. The number of H-pyrrole nitrogens is 1. The predicted octanol–water partition coefficient (Wildman–Crippen LogP) is 5.66. The van der Waals surface area contributed by atoms with Crippen molar-refractivity contribution < 1.29 is 4.79 Å². The van der Waals surface area contributed by atoms with Gasteiger partial charge in [0.05, 0.1) is 17.3 Å². The normalized spacial score (nSPS) is 15.8. The van der Waals surface area contributed by atoms with Crippen molar-refractivity contribution in [2.45, 2.75) is 19.4 Å². The van der Waals surface area contributed by atoms with Crippen LogP contribution in [0.3, 0.4) is 0 Å². The molecule has 0 unspecified atom stereocenters. The second-order valence-corrected chi connectivity index (χ2v) is 8.72. The van der Waals surface area contributed by atoms with E-state index in [9.17, 15) is 9.59 Å². The maximum atomic E-state index is 13.4. The van der Waals surface area contributed by atoms with Crippen molar-refractivity contribution in [3.63, 3.8) is 0 Å². The summed E-state index contributed by atoms with van der Waals surface area (Å²) < 4.78 is 0.918. The van der Waals surface area contributed by atoms with Crippen LogP contribution in [0.2, 0.25) is 0 Å². The Hall–Kier alpha value is -3.51. The van der Waals surface area contributed by atoms with Crippen molar-refractivity contribution in [3.05, 3.63) is 105 Å². The summed E-state index contributed by atoms with van der Waals surface area (Å²) in [4.78, 5) is 28.8. The Morgan fingerprint density at radius 2 is 1.69 bits per heavy atom. The van der Waals surface area contributed by atoms with E-state index < -0.39 is 0 Å². The van der Waals surface area contributed by atoms with Crippen molar-refractivity contribution in [1.82, 2.24) is 9.99 Å². The van der Waals surface area contributed by atoms with Gasteiger partial charge in [-0.1, -0.05) is 76.6 Å². The Kier molecular flexibility index (Phi) is 5.23. The zero-order chi connectivity index (χ0) is 22.2. The Morgan fingerprint density at radius 3 is 2.38 bits per heavy atom. The van der Waals surface area contributed by atoms with Gasteiger partial charge in [0.2, 0.25) is 5.91 Å². The van der Waals surface area contributed by atoms with E-state index in [1.807, 2.05) is 78.9 Å². The summed E-state index contributed by atoms with van der Waals surface area (Å²) in [6.45, 7) is 1.50. The summed E-state index contributed by atoms with van der Waals surface area (Å²) in [7, 11) is 0. The lowest BCUT2D eigenvalue weighted by atomic mass is 9.91. The fourth-order valence-corrected chi connectivity index (χ4v) is 4.69. The molecule has 4 aromatic rings. The first-order chi connectivity index (χ1) is 15.5. The summed E-state index contributed by atoms with van der Waals surface area (Å²) >= 11 is 3.56. The first-order valence-electron chi connectivity index (χ1n) is 10.4. The van der Waals surface area contributed by atoms with Crippen LogP contribution in [0.15, 0.2) is 93.2 Å². The quantitative estimate of drug-likeness (QED) is 0.407. The first kappa shape index (κ1) is 20.4. The Balaban J connectivity index is 1.76. The van der Waals surface area contributed by atoms with Crippen molar-refractivity contribution in [2.24, 2.45) is 5.10 Å². The van der Waals surface area contributed by atoms with Gasteiger partial charge < -0.3 is 4.98 Å². The first-order valence-corrected chi connectivity index (χ1v) is 11.2. The standard InChI is InChI=1S/C26H20BrN3O2/c1-16(31)30-23(17-8-4-2-5-9-17)15-22(29-30)25-24(18-10-6-3-7-11-18)20-14-19(27)12-13-21(20)28-26(25)32/h2-14,23H,15H2,1H3,(H,28,32)/t23-/m1/s1. The molecule has 0 saturated carbocycles. The van der Waals surface area contributed by atoms with Gasteiger partial charge in [-0.25, -0.2) is 5.01 Å². The minimum atomic E-state index is -0.245. The van der Waals surface area contributed by atoms with Crippen LogP contribution < -0.4 is 5.56 Å². The molecule has 3 aromatic carbocycles. The van der Waals surface area contributed by atoms with Gasteiger partial charge >= 0.3 is 0 Å². The van der Waals surface area contributed by atoms with Gasteiger partial charge in [-0.3, -0.25) is 9.59 Å². The van der Waals surface area contributed by atoms with E-state index in [0.29, 0.717) is 17.7 Å². The highest BCUT2D eigenvalue weighted by Crippen LogP contribution is 2.37. The number of carbonyl (C=O) groups excluding carboxylic acids is 1. The van der Waals surface area contributed by atoms with Crippen LogP contribution in [-0.2, 0) is 4.79 Å². The van der Waals surface area contributed by atoms with E-state index in [0.717, 1.165) is 32.1 Å². The Labute approximate surface area is 193 Å². The van der Waals surface area contributed by atoms with Crippen LogP contribution in [0, 0.1) is 0 Å². The molecule has 5 rings (SSSR count). The summed E-state index contributed by atoms with van der Waals surface area (Å²) in [5.41, 5.74) is 4.39. The van der Waals surface area contributed by atoms with Gasteiger partial charge in [0.1, 0.15) is 0 Å². The largest absolute Gasteiger partial charge is 0.321 e. The number of amides is 1. The molecule has 158 valence electrons. The van der Waals surface area contributed by atoms with Gasteiger partial charge in [0, 0.05) is 34.3 Å². The Morgan fingerprint density at radius 1 is 1.00 bits per heavy atom. The molecule has 1 amide bonds. The maximum absolute atomic E-state index is 13.4. The lowest BCUT2D eigenvalue weighted by molar-refractivity contribution is -0.130. The Bertz CT molecular complexity index is 1410. The van der Waals surface area contributed by atoms with Crippen molar-refractivity contribution in [2.75, 3.05) is 0 Å². The summed E-state index contributed by atoms with van der Waals surface area (Å²) in [6.07, 6.45) is 0.464. The molecule has 6 heteroatoms. The maximum Gasteiger partial charge on any atom is 0.258 e. The highest BCUT2D eigenvalue weighted by atomic mass is 79.9. The van der Waals surface area contributed by atoms with Gasteiger partial charge in [0.25, 0.3) is 5.56 Å². The number of nitrogens with zero attached hydrogens (tertiary/aromatic N) is 2. The molecule has 0 spiro atoms. The number of hydrogen-bond acceptors (Lipinski definition) is 3. The third-order valence-electron chi connectivity index (χ3n) is 5.74. The molecule has 1 aliphatic heterocycles. The summed E-state index contributed by atoms with van der Waals surface area (Å²) in [6, 6.07) is 25.2. The SMILES string of the molecule is CC(=O)N1N=C(c2c(-c3ccccc3)c3cc(Br)ccc3[nH]c2=O)C[C@@H]1c1ccccc1. The molecular weight excluding hydrogens is 466 g/mol. The molecule has 1 atom stereocenters. The molecule has 0 bridgehead atoms. The molecule has 0 radical (unpaired) electrons. The van der Waals surface area contributed by atoms with Crippen molar-refractivity contribution in [1.29, 1.82) is 0 Å². The van der Waals surface area contributed by atoms with Crippen LogP contribution in [0.1, 0.15) is 30.5 Å². The molecule has 1 aliphatic rings. The number of rotatable bonds is 3. The zero-order valence-electron chi connectivity index (χ0n) is 17.4. The fraction of sp³-hybridized carbons (Fsp3) is 0.115. The summed E-state index contributed by atoms with van der Waals surface area (Å²) in [5, 5.41) is 7.07. The fourth-order valence-electron chi connectivity index (χ4n) is 4.33. The topological polar surface area (TPSA) is 65.5 Å². The molecule has 1 aromatic heterocycles. The average molecular weight is 486 g/mol. The number of benzene rings is 3. The highest BCUT2D eigenvalue weighted by molar-refractivity contribution is 9.10. The number of aromatic nitrogens is 1. The number of nitrogens with one attached hydrogen (secondary N) is 1. The third kappa shape index (κ3) is 3.56. The third-order valence-corrected chi connectivity index (χ3v) is 6.24. The van der Waals surface area contributed by atoms with Crippen LogP contribution in [0.4, 0.5) is 0 Å². The van der Waals surface area contributed by atoms with Gasteiger partial charge in [-0.05, 0) is 29.3 Å². The van der Waals surface area contributed by atoms with E-state index in [1.54, 1.807) is 0 Å². The molecule has 32 heavy (non-hydrogen) atoms. The van der Waals surface area contributed by atoms with E-state index in [-0.39, 0.29) is 17.5 Å². The van der Waals surface area contributed by atoms with Crippen molar-refractivity contribution >= 4 is 38.5 Å². The second-order valence-electron chi connectivity index (χ2n) is 7.80. The van der Waals surface area contributed by atoms with E-state index in [1.165, 1.54) is 11.9 Å². The average Bonchev–Trinajstić information content (AvgIpc) is 3.25. The van der Waals surface area contributed by atoms with E-state index in [4.69, 9.17) is 0 Å². The van der Waals surface area contributed by atoms with Gasteiger partial charge in [-0.2, -0.15) is 5.10 Å². The van der Waals surface area contributed by atoms with Crippen LogP contribution in [0.25, 0.3) is 22.0 Å². The number of pyridine rings is 1. The van der Waals surface area contributed by atoms with E-state index in [2.05, 4.69) is 26.0 Å².